The van der Waals surface area contributed by atoms with Crippen LogP contribution in [0.15, 0.2) is 36.8 Å². The molecule has 1 unspecified atom stereocenters. The molecule has 0 spiro atoms. The summed E-state index contributed by atoms with van der Waals surface area (Å²) >= 11 is 0. The molecule has 0 radical (unpaired) electrons. The number of aryl methyl sites for hydroxylation is 2. The minimum atomic E-state index is -1.03. The molecule has 6 heteroatoms. The SMILES string of the molecule is Cc1cccc(OCC2(O)COCCN(Cc3cn(C)cn3)C2)c1. The highest BCUT2D eigenvalue weighted by Gasteiger charge is 2.33. The van der Waals surface area contributed by atoms with E-state index in [0.717, 1.165) is 23.6 Å². The first-order chi connectivity index (χ1) is 11.5. The van der Waals surface area contributed by atoms with Gasteiger partial charge < -0.3 is 19.1 Å². The molecule has 0 saturated carbocycles. The number of nitrogens with zero attached hydrogens (tertiary/aromatic N) is 3. The second-order valence-corrected chi connectivity index (χ2v) is 6.62. The maximum Gasteiger partial charge on any atom is 0.134 e. The van der Waals surface area contributed by atoms with Crippen LogP contribution in [0.25, 0.3) is 0 Å². The van der Waals surface area contributed by atoms with Crippen molar-refractivity contribution in [1.82, 2.24) is 14.5 Å². The predicted octanol–water partition coefficient (Wildman–Crippen LogP) is 1.37. The van der Waals surface area contributed by atoms with Gasteiger partial charge in [0.15, 0.2) is 0 Å². The van der Waals surface area contributed by atoms with Crippen molar-refractivity contribution in [2.75, 3.05) is 32.9 Å². The topological polar surface area (TPSA) is 59.8 Å². The first kappa shape index (κ1) is 17.0. The van der Waals surface area contributed by atoms with Crippen molar-refractivity contribution < 1.29 is 14.6 Å². The van der Waals surface area contributed by atoms with Crippen molar-refractivity contribution in [1.29, 1.82) is 0 Å². The van der Waals surface area contributed by atoms with Gasteiger partial charge in [0.2, 0.25) is 0 Å². The van der Waals surface area contributed by atoms with Crippen molar-refractivity contribution in [2.24, 2.45) is 7.05 Å². The average molecular weight is 331 g/mol. The third kappa shape index (κ3) is 4.56. The van der Waals surface area contributed by atoms with E-state index in [9.17, 15) is 5.11 Å². The number of aliphatic hydroxyl groups is 1. The first-order valence-electron chi connectivity index (χ1n) is 8.21. The third-order valence-electron chi connectivity index (χ3n) is 4.08. The van der Waals surface area contributed by atoms with E-state index in [0.29, 0.717) is 19.7 Å². The highest BCUT2D eigenvalue weighted by molar-refractivity contribution is 5.27. The summed E-state index contributed by atoms with van der Waals surface area (Å²) in [4.78, 5) is 6.52. The zero-order chi connectivity index (χ0) is 17.0. The van der Waals surface area contributed by atoms with Crippen molar-refractivity contribution in [3.63, 3.8) is 0 Å². The molecule has 1 saturated heterocycles. The first-order valence-corrected chi connectivity index (χ1v) is 8.21. The fourth-order valence-electron chi connectivity index (χ4n) is 2.92. The van der Waals surface area contributed by atoms with Gasteiger partial charge in [-0.1, -0.05) is 12.1 Å². The molecule has 1 fully saturated rings. The molecule has 6 nitrogen and oxygen atoms in total. The standard InChI is InChI=1S/C18H25N3O3/c1-15-4-3-5-17(8-15)24-13-18(22)11-21(6-7-23-12-18)10-16-9-20(2)14-19-16/h3-5,8-9,14,22H,6-7,10-13H2,1-2H3. The molecule has 130 valence electrons. The highest BCUT2D eigenvalue weighted by Crippen LogP contribution is 2.18. The number of β-amino-alcohol motifs (C(OH)–C–C–N with tert-alkyl or cyclic N) is 1. The Kier molecular flexibility index (Phi) is 5.18. The van der Waals surface area contributed by atoms with E-state index >= 15 is 0 Å². The summed E-state index contributed by atoms with van der Waals surface area (Å²) in [6.45, 7) is 5.05. The van der Waals surface area contributed by atoms with E-state index in [-0.39, 0.29) is 13.2 Å². The van der Waals surface area contributed by atoms with Crippen molar-refractivity contribution >= 4 is 0 Å². The minimum Gasteiger partial charge on any atom is -0.490 e. The normalized spacial score (nSPS) is 22.3. The van der Waals surface area contributed by atoms with Gasteiger partial charge in [-0.05, 0) is 24.6 Å². The molecular weight excluding hydrogens is 306 g/mol. The molecule has 0 amide bonds. The smallest absolute Gasteiger partial charge is 0.134 e. The fourth-order valence-corrected chi connectivity index (χ4v) is 2.92. The molecule has 1 aromatic heterocycles. The molecule has 0 aliphatic carbocycles. The van der Waals surface area contributed by atoms with E-state index in [2.05, 4.69) is 9.88 Å². The summed E-state index contributed by atoms with van der Waals surface area (Å²) in [6, 6.07) is 7.84. The van der Waals surface area contributed by atoms with Crippen LogP contribution in [0.5, 0.6) is 5.75 Å². The van der Waals surface area contributed by atoms with Crippen LogP contribution in [-0.4, -0.2) is 58.1 Å². The zero-order valence-corrected chi connectivity index (χ0v) is 14.3. The Hall–Kier alpha value is -1.89. The average Bonchev–Trinajstić information content (AvgIpc) is 2.85. The molecule has 1 aliphatic heterocycles. The lowest BCUT2D eigenvalue weighted by Gasteiger charge is -2.30. The Morgan fingerprint density at radius 1 is 1.42 bits per heavy atom. The van der Waals surface area contributed by atoms with Crippen LogP contribution >= 0.6 is 0 Å². The van der Waals surface area contributed by atoms with Gasteiger partial charge in [-0.3, -0.25) is 4.90 Å². The molecular formula is C18H25N3O3. The Balaban J connectivity index is 1.62. The van der Waals surface area contributed by atoms with Crippen LogP contribution in [0.1, 0.15) is 11.3 Å². The lowest BCUT2D eigenvalue weighted by Crippen LogP contribution is -2.48. The van der Waals surface area contributed by atoms with Gasteiger partial charge >= 0.3 is 0 Å². The molecule has 3 rings (SSSR count). The third-order valence-corrected chi connectivity index (χ3v) is 4.08. The highest BCUT2D eigenvalue weighted by atomic mass is 16.5. The van der Waals surface area contributed by atoms with Crippen molar-refractivity contribution in [3.05, 3.63) is 48.0 Å². The second kappa shape index (κ2) is 7.34. The number of aromatic nitrogens is 2. The predicted molar refractivity (Wildman–Crippen MR) is 90.9 cm³/mol. The van der Waals surface area contributed by atoms with Gasteiger partial charge in [-0.15, -0.1) is 0 Å². The Labute approximate surface area is 142 Å². The van der Waals surface area contributed by atoms with Gasteiger partial charge in [0.25, 0.3) is 0 Å². The van der Waals surface area contributed by atoms with Gasteiger partial charge in [-0.2, -0.15) is 0 Å². The van der Waals surface area contributed by atoms with E-state index in [1.165, 1.54) is 0 Å². The fraction of sp³-hybridized carbons (Fsp3) is 0.500. The molecule has 24 heavy (non-hydrogen) atoms. The van der Waals surface area contributed by atoms with Crippen LogP contribution in [0, 0.1) is 6.92 Å². The zero-order valence-electron chi connectivity index (χ0n) is 14.3. The maximum atomic E-state index is 10.9. The van der Waals surface area contributed by atoms with Crippen LogP contribution < -0.4 is 4.74 Å². The van der Waals surface area contributed by atoms with E-state index in [4.69, 9.17) is 9.47 Å². The molecule has 1 aromatic carbocycles. The van der Waals surface area contributed by atoms with Gasteiger partial charge in [-0.25, -0.2) is 4.98 Å². The minimum absolute atomic E-state index is 0.204. The monoisotopic (exact) mass is 331 g/mol. The Bertz CT molecular complexity index is 673. The number of benzene rings is 1. The van der Waals surface area contributed by atoms with E-state index in [1.54, 1.807) is 6.33 Å². The molecule has 1 N–H and O–H groups in total. The summed E-state index contributed by atoms with van der Waals surface area (Å²) in [6.07, 6.45) is 3.78. The summed E-state index contributed by atoms with van der Waals surface area (Å²) in [5.74, 6) is 0.768. The van der Waals surface area contributed by atoms with Crippen LogP contribution in [0.2, 0.25) is 0 Å². The van der Waals surface area contributed by atoms with Crippen LogP contribution in [-0.2, 0) is 18.3 Å². The van der Waals surface area contributed by atoms with Crippen molar-refractivity contribution in [2.45, 2.75) is 19.1 Å². The molecule has 1 atom stereocenters. The maximum absolute atomic E-state index is 10.9. The lowest BCUT2D eigenvalue weighted by molar-refractivity contribution is -0.0647. The Morgan fingerprint density at radius 3 is 3.04 bits per heavy atom. The lowest BCUT2D eigenvalue weighted by atomic mass is 10.1. The second-order valence-electron chi connectivity index (χ2n) is 6.62. The van der Waals surface area contributed by atoms with E-state index in [1.807, 2.05) is 49.0 Å². The molecule has 2 aromatic rings. The quantitative estimate of drug-likeness (QED) is 0.897. The largest absolute Gasteiger partial charge is 0.490 e. The number of rotatable bonds is 5. The van der Waals surface area contributed by atoms with E-state index < -0.39 is 5.60 Å². The van der Waals surface area contributed by atoms with Gasteiger partial charge in [0.1, 0.15) is 18.0 Å². The number of ether oxygens (including phenoxy) is 2. The molecule has 0 bridgehead atoms. The number of hydrogen-bond donors (Lipinski definition) is 1. The summed E-state index contributed by atoms with van der Waals surface area (Å²) in [7, 11) is 1.95. The van der Waals surface area contributed by atoms with Crippen molar-refractivity contribution in [3.8, 4) is 5.75 Å². The Morgan fingerprint density at radius 2 is 2.29 bits per heavy atom. The van der Waals surface area contributed by atoms with Crippen LogP contribution in [0.3, 0.4) is 0 Å². The number of imidazole rings is 1. The van der Waals surface area contributed by atoms with Gasteiger partial charge in [0, 0.05) is 32.9 Å². The summed E-state index contributed by atoms with van der Waals surface area (Å²) in [5.41, 5.74) is 1.09. The number of hydrogen-bond acceptors (Lipinski definition) is 5. The molecule has 2 heterocycles. The van der Waals surface area contributed by atoms with Gasteiger partial charge in [0.05, 0.1) is 25.2 Å². The summed E-state index contributed by atoms with van der Waals surface area (Å²) in [5, 5.41) is 10.9. The van der Waals surface area contributed by atoms with Crippen LogP contribution in [0.4, 0.5) is 0 Å². The summed E-state index contributed by atoms with van der Waals surface area (Å²) < 4.78 is 13.3. The molecule has 1 aliphatic rings.